The summed E-state index contributed by atoms with van der Waals surface area (Å²) in [6.45, 7) is 2.35. The molecular formula is C19H18N4O3. The second-order valence-corrected chi connectivity index (χ2v) is 6.30. The highest BCUT2D eigenvalue weighted by Crippen LogP contribution is 2.22. The number of nitrogens with two attached hydrogens (primary N) is 1. The first-order valence-electron chi connectivity index (χ1n) is 8.04. The monoisotopic (exact) mass is 350 g/mol. The molecule has 1 aromatic carbocycles. The zero-order valence-corrected chi connectivity index (χ0v) is 14.5. The quantitative estimate of drug-likeness (QED) is 0.767. The van der Waals surface area contributed by atoms with Crippen LogP contribution in [-0.4, -0.2) is 51.0 Å². The molecule has 3 rings (SSSR count). The van der Waals surface area contributed by atoms with E-state index in [-0.39, 0.29) is 12.1 Å². The second kappa shape index (κ2) is 6.58. The van der Waals surface area contributed by atoms with Crippen LogP contribution in [0, 0.1) is 18.8 Å². The number of aromatic nitrogens is 2. The van der Waals surface area contributed by atoms with Gasteiger partial charge in [-0.2, -0.15) is 0 Å². The zero-order valence-electron chi connectivity index (χ0n) is 14.5. The van der Waals surface area contributed by atoms with Gasteiger partial charge in [0.2, 0.25) is 5.60 Å². The average Bonchev–Trinajstić information content (AvgIpc) is 2.88. The van der Waals surface area contributed by atoms with Crippen molar-refractivity contribution in [1.82, 2.24) is 14.9 Å². The number of hydrogen-bond acceptors (Lipinski definition) is 5. The fraction of sp³-hybridized carbons (Fsp3) is 0.263. The van der Waals surface area contributed by atoms with E-state index in [2.05, 4.69) is 21.8 Å². The van der Waals surface area contributed by atoms with E-state index in [1.54, 1.807) is 13.1 Å². The van der Waals surface area contributed by atoms with Crippen molar-refractivity contribution in [2.24, 2.45) is 5.73 Å². The zero-order chi connectivity index (χ0) is 18.9. The third kappa shape index (κ3) is 3.41. The lowest BCUT2D eigenvalue weighted by atomic mass is 10.0. The van der Waals surface area contributed by atoms with Gasteiger partial charge in [0.25, 0.3) is 11.8 Å². The Balaban J connectivity index is 1.97. The van der Waals surface area contributed by atoms with Crippen molar-refractivity contribution in [3.05, 3.63) is 47.3 Å². The van der Waals surface area contributed by atoms with Crippen LogP contribution in [0.1, 0.15) is 28.0 Å². The molecule has 1 aliphatic heterocycles. The van der Waals surface area contributed by atoms with Gasteiger partial charge in [-0.05, 0) is 36.8 Å². The number of benzene rings is 1. The molecule has 1 atom stereocenters. The van der Waals surface area contributed by atoms with Crippen LogP contribution in [0.4, 0.5) is 0 Å². The maximum absolute atomic E-state index is 12.0. The Hall–Kier alpha value is -3.24. The molecule has 1 fully saturated rings. The highest BCUT2D eigenvalue weighted by atomic mass is 16.3. The van der Waals surface area contributed by atoms with Crippen LogP contribution in [0.5, 0.6) is 0 Å². The molecule has 7 nitrogen and oxygen atoms in total. The summed E-state index contributed by atoms with van der Waals surface area (Å²) in [6, 6.07) is 6.88. The number of rotatable bonds is 2. The molecule has 0 aliphatic carbocycles. The molecule has 0 bridgehead atoms. The molecule has 7 heteroatoms. The van der Waals surface area contributed by atoms with E-state index < -0.39 is 17.4 Å². The summed E-state index contributed by atoms with van der Waals surface area (Å²) in [5, 5.41) is 10.4. The van der Waals surface area contributed by atoms with E-state index in [9.17, 15) is 14.7 Å². The highest BCUT2D eigenvalue weighted by molar-refractivity contribution is 5.91. The third-order valence-electron chi connectivity index (χ3n) is 4.17. The van der Waals surface area contributed by atoms with Gasteiger partial charge in [0.1, 0.15) is 5.69 Å². The maximum atomic E-state index is 12.0. The lowest BCUT2D eigenvalue weighted by Gasteiger charge is -2.13. The minimum atomic E-state index is -1.65. The van der Waals surface area contributed by atoms with E-state index in [1.807, 2.05) is 19.1 Å². The van der Waals surface area contributed by atoms with E-state index in [0.717, 1.165) is 5.56 Å². The molecule has 1 aliphatic rings. The minimum absolute atomic E-state index is 0.123. The Morgan fingerprint density at radius 3 is 2.81 bits per heavy atom. The first-order valence-corrected chi connectivity index (χ1v) is 8.04. The Morgan fingerprint density at radius 2 is 2.15 bits per heavy atom. The van der Waals surface area contributed by atoms with Crippen molar-refractivity contribution in [1.29, 1.82) is 0 Å². The van der Waals surface area contributed by atoms with Crippen molar-refractivity contribution >= 4 is 11.8 Å². The first-order chi connectivity index (χ1) is 12.3. The van der Waals surface area contributed by atoms with Crippen LogP contribution in [0.25, 0.3) is 11.4 Å². The number of carbonyl (C=O) groups is 2. The van der Waals surface area contributed by atoms with E-state index in [1.165, 1.54) is 17.2 Å². The van der Waals surface area contributed by atoms with Gasteiger partial charge >= 0.3 is 0 Å². The average molecular weight is 350 g/mol. The number of hydrogen-bond donors (Lipinski definition) is 2. The molecule has 2 heterocycles. The standard InChI is InChI=1S/C19H18N4O3/c1-12-9-13(3-5-19(26)6-8-23(2)18(19)25)11-14(10-12)17-21-7-4-15(22-17)16(20)24/h4,7,9-11,26H,6,8H2,1-2H3,(H2,20,24). The number of amides is 2. The summed E-state index contributed by atoms with van der Waals surface area (Å²) in [5.41, 5.74) is 5.92. The lowest BCUT2D eigenvalue weighted by molar-refractivity contribution is -0.137. The SMILES string of the molecule is Cc1cc(C#CC2(O)CCN(C)C2=O)cc(-c2nccc(C(N)=O)n2)c1. The smallest absolute Gasteiger partial charge is 0.267 e. The molecule has 0 spiro atoms. The van der Waals surface area contributed by atoms with Gasteiger partial charge in [-0.3, -0.25) is 9.59 Å². The van der Waals surface area contributed by atoms with Gasteiger partial charge in [-0.25, -0.2) is 9.97 Å². The third-order valence-corrected chi connectivity index (χ3v) is 4.17. The van der Waals surface area contributed by atoms with E-state index >= 15 is 0 Å². The van der Waals surface area contributed by atoms with Crippen LogP contribution < -0.4 is 5.73 Å². The number of primary amides is 1. The maximum Gasteiger partial charge on any atom is 0.267 e. The van der Waals surface area contributed by atoms with Crippen LogP contribution in [0.2, 0.25) is 0 Å². The summed E-state index contributed by atoms with van der Waals surface area (Å²) in [7, 11) is 1.63. The molecule has 2 aromatic rings. The largest absolute Gasteiger partial charge is 0.369 e. The van der Waals surface area contributed by atoms with Gasteiger partial charge in [0.05, 0.1) is 0 Å². The topological polar surface area (TPSA) is 109 Å². The molecule has 0 radical (unpaired) electrons. The van der Waals surface area contributed by atoms with E-state index in [4.69, 9.17) is 5.73 Å². The lowest BCUT2D eigenvalue weighted by Crippen LogP contribution is -2.37. The molecule has 2 amide bonds. The summed E-state index contributed by atoms with van der Waals surface area (Å²) < 4.78 is 0. The van der Waals surface area contributed by atoms with Crippen molar-refractivity contribution in [2.45, 2.75) is 18.9 Å². The Labute approximate surface area is 150 Å². The van der Waals surface area contributed by atoms with Crippen molar-refractivity contribution in [3.8, 4) is 23.2 Å². The molecule has 132 valence electrons. The van der Waals surface area contributed by atoms with Gasteiger partial charge < -0.3 is 15.7 Å². The summed E-state index contributed by atoms with van der Waals surface area (Å²) in [4.78, 5) is 33.1. The van der Waals surface area contributed by atoms with Gasteiger partial charge in [0, 0.05) is 37.3 Å². The van der Waals surface area contributed by atoms with Crippen LogP contribution in [0.3, 0.4) is 0 Å². The highest BCUT2D eigenvalue weighted by Gasteiger charge is 2.42. The van der Waals surface area contributed by atoms with Crippen molar-refractivity contribution < 1.29 is 14.7 Å². The predicted molar refractivity (Wildman–Crippen MR) is 94.8 cm³/mol. The van der Waals surface area contributed by atoms with Crippen LogP contribution in [-0.2, 0) is 4.79 Å². The van der Waals surface area contributed by atoms with Crippen LogP contribution >= 0.6 is 0 Å². The number of aliphatic hydroxyl groups is 1. The second-order valence-electron chi connectivity index (χ2n) is 6.30. The van der Waals surface area contributed by atoms with Crippen molar-refractivity contribution in [2.75, 3.05) is 13.6 Å². The van der Waals surface area contributed by atoms with Gasteiger partial charge in [-0.15, -0.1) is 0 Å². The number of aryl methyl sites for hydroxylation is 1. The minimum Gasteiger partial charge on any atom is -0.369 e. The Morgan fingerprint density at radius 1 is 1.38 bits per heavy atom. The van der Waals surface area contributed by atoms with Crippen LogP contribution in [0.15, 0.2) is 30.5 Å². The molecule has 1 aromatic heterocycles. The summed E-state index contributed by atoms with van der Waals surface area (Å²) in [5.74, 6) is 4.89. The molecule has 1 unspecified atom stereocenters. The van der Waals surface area contributed by atoms with Gasteiger partial charge in [-0.1, -0.05) is 11.8 Å². The number of likely N-dealkylation sites (tertiary alicyclic amines) is 1. The fourth-order valence-electron chi connectivity index (χ4n) is 2.76. The molecule has 0 saturated carbocycles. The van der Waals surface area contributed by atoms with E-state index in [0.29, 0.717) is 23.5 Å². The fourth-order valence-corrected chi connectivity index (χ4v) is 2.76. The normalized spacial score (nSPS) is 19.2. The molecule has 1 saturated heterocycles. The first kappa shape index (κ1) is 17.6. The summed E-state index contributed by atoms with van der Waals surface area (Å²) >= 11 is 0. The summed E-state index contributed by atoms with van der Waals surface area (Å²) in [6.07, 6.45) is 1.74. The number of likely N-dealkylation sites (N-methyl/N-ethyl adjacent to an activating group) is 1. The van der Waals surface area contributed by atoms with Crippen molar-refractivity contribution in [3.63, 3.8) is 0 Å². The number of nitrogens with zero attached hydrogens (tertiary/aromatic N) is 3. The Bertz CT molecular complexity index is 961. The molecule has 3 N–H and O–H groups in total. The predicted octanol–water partition coefficient (Wildman–Crippen LogP) is 0.496. The van der Waals surface area contributed by atoms with Gasteiger partial charge in [0.15, 0.2) is 5.82 Å². The molecular weight excluding hydrogens is 332 g/mol. The molecule has 26 heavy (non-hydrogen) atoms. The number of carbonyl (C=O) groups excluding carboxylic acids is 2. The Kier molecular flexibility index (Phi) is 4.45.